The van der Waals surface area contributed by atoms with Crippen molar-refractivity contribution in [3.8, 4) is 5.75 Å². The predicted molar refractivity (Wildman–Crippen MR) is 137 cm³/mol. The molecule has 0 aliphatic heterocycles. The summed E-state index contributed by atoms with van der Waals surface area (Å²) in [5.74, 6) is -1.37. The number of aromatic nitrogens is 2. The minimum atomic E-state index is -3.05. The van der Waals surface area contributed by atoms with Crippen molar-refractivity contribution in [2.24, 2.45) is 7.05 Å². The molecular formula is C28H24F2N4O4. The number of ether oxygens (including phenoxy) is 1. The summed E-state index contributed by atoms with van der Waals surface area (Å²) < 4.78 is 31.2. The van der Waals surface area contributed by atoms with Gasteiger partial charge in [0.25, 0.3) is 17.4 Å². The van der Waals surface area contributed by atoms with Gasteiger partial charge in [-0.05, 0) is 61.2 Å². The quantitative estimate of drug-likeness (QED) is 0.373. The van der Waals surface area contributed by atoms with Crippen molar-refractivity contribution in [2.45, 2.75) is 31.4 Å². The van der Waals surface area contributed by atoms with E-state index in [1.54, 1.807) is 61.6 Å². The van der Waals surface area contributed by atoms with Crippen LogP contribution in [-0.2, 0) is 12.6 Å². The number of hydrogen-bond acceptors (Lipinski definition) is 5. The van der Waals surface area contributed by atoms with Gasteiger partial charge in [0.2, 0.25) is 0 Å². The number of fused-ring (bicyclic) bond motifs is 1. The Morgan fingerprint density at radius 3 is 2.34 bits per heavy atom. The van der Waals surface area contributed by atoms with E-state index in [0.717, 1.165) is 12.0 Å². The highest BCUT2D eigenvalue weighted by Gasteiger charge is 2.41. The number of carbonyl (C=O) groups excluding carboxylic acids is 2. The lowest BCUT2D eigenvalue weighted by Crippen LogP contribution is -2.52. The molecule has 0 bridgehead atoms. The van der Waals surface area contributed by atoms with Crippen molar-refractivity contribution in [3.05, 3.63) is 100.0 Å². The van der Waals surface area contributed by atoms with Gasteiger partial charge in [-0.25, -0.2) is 4.98 Å². The number of para-hydroxylation sites is 3. The van der Waals surface area contributed by atoms with Crippen molar-refractivity contribution < 1.29 is 23.1 Å². The maximum atomic E-state index is 13.2. The fourth-order valence-corrected chi connectivity index (χ4v) is 4.64. The molecule has 1 aliphatic rings. The molecule has 38 heavy (non-hydrogen) atoms. The summed E-state index contributed by atoms with van der Waals surface area (Å²) in [5.41, 5.74) is 1.08. The lowest BCUT2D eigenvalue weighted by atomic mass is 9.71. The molecule has 0 radical (unpaired) electrons. The molecule has 194 valence electrons. The van der Waals surface area contributed by atoms with Crippen LogP contribution in [0.2, 0.25) is 0 Å². The zero-order valence-corrected chi connectivity index (χ0v) is 20.4. The third-order valence-electron chi connectivity index (χ3n) is 6.80. The monoisotopic (exact) mass is 518 g/mol. The Bertz CT molecular complexity index is 1580. The topological polar surface area (TPSA) is 102 Å². The van der Waals surface area contributed by atoms with E-state index in [4.69, 9.17) is 0 Å². The molecule has 1 aromatic heterocycles. The van der Waals surface area contributed by atoms with E-state index in [0.29, 0.717) is 29.6 Å². The number of nitrogens with one attached hydrogen (secondary N) is 2. The van der Waals surface area contributed by atoms with Gasteiger partial charge in [0, 0.05) is 12.7 Å². The summed E-state index contributed by atoms with van der Waals surface area (Å²) in [6, 6.07) is 19.7. The van der Waals surface area contributed by atoms with E-state index in [1.807, 2.05) is 0 Å². The summed E-state index contributed by atoms with van der Waals surface area (Å²) >= 11 is 0. The summed E-state index contributed by atoms with van der Waals surface area (Å²) in [6.07, 6.45) is 2.25. The molecule has 0 spiro atoms. The van der Waals surface area contributed by atoms with Crippen LogP contribution >= 0.6 is 0 Å². The summed E-state index contributed by atoms with van der Waals surface area (Å²) in [7, 11) is 1.60. The molecule has 10 heteroatoms. The summed E-state index contributed by atoms with van der Waals surface area (Å²) in [6.45, 7) is -3.05. The first kappa shape index (κ1) is 25.1. The van der Waals surface area contributed by atoms with E-state index < -0.39 is 29.5 Å². The molecule has 1 heterocycles. The van der Waals surface area contributed by atoms with Gasteiger partial charge >= 0.3 is 6.61 Å². The molecule has 4 aromatic rings. The van der Waals surface area contributed by atoms with Crippen LogP contribution in [-0.4, -0.2) is 28.0 Å². The molecule has 1 fully saturated rings. The highest BCUT2D eigenvalue weighted by molar-refractivity contribution is 6.06. The van der Waals surface area contributed by atoms with Crippen LogP contribution in [0.4, 0.5) is 14.5 Å². The van der Waals surface area contributed by atoms with Crippen LogP contribution < -0.4 is 20.9 Å². The minimum absolute atomic E-state index is 0.0240. The molecule has 0 atom stereocenters. The number of carbonyl (C=O) groups is 2. The van der Waals surface area contributed by atoms with E-state index in [2.05, 4.69) is 20.4 Å². The zero-order chi connectivity index (χ0) is 26.9. The molecule has 8 nitrogen and oxygen atoms in total. The minimum Gasteiger partial charge on any atom is -0.434 e. The Morgan fingerprint density at radius 2 is 1.66 bits per heavy atom. The fourth-order valence-electron chi connectivity index (χ4n) is 4.64. The van der Waals surface area contributed by atoms with Crippen LogP contribution in [0.3, 0.4) is 0 Å². The van der Waals surface area contributed by atoms with Gasteiger partial charge in [-0.15, -0.1) is 0 Å². The smallest absolute Gasteiger partial charge is 0.387 e. The average Bonchev–Trinajstić information content (AvgIpc) is 2.88. The Balaban J connectivity index is 1.34. The number of nitrogens with zero attached hydrogens (tertiary/aromatic N) is 2. The van der Waals surface area contributed by atoms with Crippen molar-refractivity contribution in [3.63, 3.8) is 0 Å². The Kier molecular flexibility index (Phi) is 6.62. The molecular weight excluding hydrogens is 494 g/mol. The normalized spacial score (nSPS) is 14.1. The highest BCUT2D eigenvalue weighted by Crippen LogP contribution is 2.41. The largest absolute Gasteiger partial charge is 0.434 e. The number of alkyl halides is 2. The fraction of sp³-hybridized carbons (Fsp3) is 0.214. The number of rotatable bonds is 7. The second-order valence-electron chi connectivity index (χ2n) is 9.11. The van der Waals surface area contributed by atoms with Crippen molar-refractivity contribution in [2.75, 3.05) is 5.32 Å². The predicted octanol–water partition coefficient (Wildman–Crippen LogP) is 4.60. The number of aryl methyl sites for hydroxylation is 1. The molecule has 3 aromatic carbocycles. The summed E-state index contributed by atoms with van der Waals surface area (Å²) in [4.78, 5) is 43.1. The first-order valence-electron chi connectivity index (χ1n) is 12.0. The summed E-state index contributed by atoms with van der Waals surface area (Å²) in [5, 5.41) is 5.70. The van der Waals surface area contributed by atoms with E-state index in [9.17, 15) is 23.2 Å². The van der Waals surface area contributed by atoms with Crippen molar-refractivity contribution in [1.29, 1.82) is 0 Å². The maximum absolute atomic E-state index is 13.2. The maximum Gasteiger partial charge on any atom is 0.387 e. The standard InChI is InChI=1S/C28H24F2N4O4/c1-34-21-9-4-3-8-20(21)32-23(26(34)37)25(36)33-28(15-6-16-28)17-11-13-18(14-12-17)31-24(35)19-7-2-5-10-22(19)38-27(29)30/h2-5,7-14,27H,6,15-16H2,1H3,(H,31,35)(H,33,36). The SMILES string of the molecule is Cn1c(=O)c(C(=O)NC2(c3ccc(NC(=O)c4ccccc4OC(F)F)cc3)CCC2)nc2ccccc21. The third-order valence-corrected chi connectivity index (χ3v) is 6.80. The second kappa shape index (κ2) is 10.0. The van der Waals surface area contributed by atoms with E-state index >= 15 is 0 Å². The van der Waals surface area contributed by atoms with Gasteiger partial charge in [0.15, 0.2) is 5.69 Å². The van der Waals surface area contributed by atoms with Gasteiger partial charge < -0.3 is 19.9 Å². The first-order valence-corrected chi connectivity index (χ1v) is 12.0. The van der Waals surface area contributed by atoms with Gasteiger partial charge in [-0.3, -0.25) is 14.4 Å². The van der Waals surface area contributed by atoms with Crippen LogP contribution in [0.15, 0.2) is 77.6 Å². The van der Waals surface area contributed by atoms with Gasteiger partial charge in [0.05, 0.1) is 22.1 Å². The number of anilines is 1. The zero-order valence-electron chi connectivity index (χ0n) is 20.4. The molecule has 1 aliphatic carbocycles. The van der Waals surface area contributed by atoms with Crippen LogP contribution in [0, 0.1) is 0 Å². The Labute approximate surface area is 216 Å². The molecule has 1 saturated carbocycles. The van der Waals surface area contributed by atoms with Crippen molar-refractivity contribution >= 4 is 28.5 Å². The van der Waals surface area contributed by atoms with Crippen LogP contribution in [0.25, 0.3) is 11.0 Å². The lowest BCUT2D eigenvalue weighted by Gasteiger charge is -2.43. The molecule has 2 amide bonds. The van der Waals surface area contributed by atoms with E-state index in [-0.39, 0.29) is 17.0 Å². The Hall–Kier alpha value is -4.60. The number of amides is 2. The molecule has 2 N–H and O–H groups in total. The molecule has 5 rings (SSSR count). The number of benzene rings is 3. The van der Waals surface area contributed by atoms with Crippen molar-refractivity contribution in [1.82, 2.24) is 14.9 Å². The van der Waals surface area contributed by atoms with Crippen LogP contribution in [0.1, 0.15) is 45.7 Å². The lowest BCUT2D eigenvalue weighted by molar-refractivity contribution is -0.0501. The van der Waals surface area contributed by atoms with Crippen LogP contribution in [0.5, 0.6) is 5.75 Å². The third kappa shape index (κ3) is 4.72. The Morgan fingerprint density at radius 1 is 0.974 bits per heavy atom. The average molecular weight is 519 g/mol. The first-order chi connectivity index (χ1) is 18.3. The number of halogens is 2. The molecule has 0 saturated heterocycles. The highest BCUT2D eigenvalue weighted by atomic mass is 19.3. The number of hydrogen-bond donors (Lipinski definition) is 2. The van der Waals surface area contributed by atoms with Gasteiger partial charge in [0.1, 0.15) is 5.75 Å². The molecule has 0 unspecified atom stereocenters. The van der Waals surface area contributed by atoms with E-state index in [1.165, 1.54) is 22.8 Å². The van der Waals surface area contributed by atoms with Gasteiger partial charge in [-0.1, -0.05) is 36.4 Å². The van der Waals surface area contributed by atoms with Gasteiger partial charge in [-0.2, -0.15) is 8.78 Å². The second-order valence-corrected chi connectivity index (χ2v) is 9.11.